The number of primary amides is 1. The molecule has 2 amide bonds. The number of aryl methyl sites for hydroxylation is 1. The smallest absolute Gasteiger partial charge is 0.227 e. The molecule has 1 aromatic rings. The molecular formula is C13H16N2O2. The minimum Gasteiger partial charge on any atom is -0.369 e. The normalized spacial score (nSPS) is 19.7. The molecule has 0 saturated carbocycles. The van der Waals surface area contributed by atoms with Gasteiger partial charge in [0.1, 0.15) is 0 Å². The third-order valence-corrected chi connectivity index (χ3v) is 3.18. The van der Waals surface area contributed by atoms with Crippen LogP contribution >= 0.6 is 0 Å². The fraction of sp³-hybridized carbons (Fsp3) is 0.385. The zero-order chi connectivity index (χ0) is 12.4. The highest BCUT2D eigenvalue weighted by molar-refractivity contribution is 6.00. The monoisotopic (exact) mass is 232 g/mol. The van der Waals surface area contributed by atoms with Crippen LogP contribution in [-0.4, -0.2) is 18.4 Å². The molecule has 17 heavy (non-hydrogen) atoms. The van der Waals surface area contributed by atoms with Crippen LogP contribution < -0.4 is 10.6 Å². The predicted octanol–water partition coefficient (Wildman–Crippen LogP) is 1.09. The van der Waals surface area contributed by atoms with Gasteiger partial charge in [0.05, 0.1) is 5.92 Å². The van der Waals surface area contributed by atoms with E-state index in [9.17, 15) is 9.59 Å². The van der Waals surface area contributed by atoms with E-state index in [1.165, 1.54) is 5.56 Å². The van der Waals surface area contributed by atoms with Crippen LogP contribution in [0.4, 0.5) is 5.69 Å². The molecule has 0 aliphatic carbocycles. The van der Waals surface area contributed by atoms with Crippen molar-refractivity contribution in [2.75, 3.05) is 11.4 Å². The third kappa shape index (κ3) is 2.30. The molecule has 0 unspecified atom stereocenters. The molecule has 4 nitrogen and oxygen atoms in total. The summed E-state index contributed by atoms with van der Waals surface area (Å²) in [6.45, 7) is 2.48. The lowest BCUT2D eigenvalue weighted by Crippen LogP contribution is -2.28. The van der Waals surface area contributed by atoms with Gasteiger partial charge < -0.3 is 10.6 Å². The van der Waals surface area contributed by atoms with Crippen molar-refractivity contribution in [2.24, 2.45) is 11.7 Å². The predicted molar refractivity (Wildman–Crippen MR) is 65.5 cm³/mol. The zero-order valence-corrected chi connectivity index (χ0v) is 9.85. The van der Waals surface area contributed by atoms with Crippen molar-refractivity contribution in [3.05, 3.63) is 29.8 Å². The Kier molecular flexibility index (Phi) is 3.13. The first-order valence-electron chi connectivity index (χ1n) is 5.80. The van der Waals surface area contributed by atoms with Crippen LogP contribution in [0.5, 0.6) is 0 Å². The Morgan fingerprint density at radius 1 is 1.41 bits per heavy atom. The summed E-state index contributed by atoms with van der Waals surface area (Å²) in [7, 11) is 0. The van der Waals surface area contributed by atoms with Crippen LogP contribution in [0.2, 0.25) is 0 Å². The van der Waals surface area contributed by atoms with Crippen molar-refractivity contribution < 1.29 is 9.59 Å². The number of hydrogen-bond acceptors (Lipinski definition) is 2. The molecular weight excluding hydrogens is 216 g/mol. The summed E-state index contributed by atoms with van der Waals surface area (Å²) in [6, 6.07) is 7.83. The average Bonchev–Trinajstić information content (AvgIpc) is 2.72. The number of carbonyl (C=O) groups is 2. The standard InChI is InChI=1S/C13H16N2O2/c1-2-9-3-5-11(6-4-9)15-8-10(13(14)17)7-12(15)16/h3-6,10H,2,7-8H2,1H3,(H2,14,17)/t10-/m0/s1. The average molecular weight is 232 g/mol. The van der Waals surface area contributed by atoms with Gasteiger partial charge in [-0.3, -0.25) is 9.59 Å². The minimum atomic E-state index is -0.397. The van der Waals surface area contributed by atoms with Gasteiger partial charge in [-0.25, -0.2) is 0 Å². The Morgan fingerprint density at radius 2 is 2.06 bits per heavy atom. The van der Waals surface area contributed by atoms with Crippen molar-refractivity contribution in [1.29, 1.82) is 0 Å². The van der Waals surface area contributed by atoms with E-state index in [-0.39, 0.29) is 18.2 Å². The number of nitrogens with zero attached hydrogens (tertiary/aromatic N) is 1. The summed E-state index contributed by atoms with van der Waals surface area (Å²) in [5.41, 5.74) is 7.30. The molecule has 1 aromatic carbocycles. The Balaban J connectivity index is 2.17. The minimum absolute atomic E-state index is 0.0296. The summed E-state index contributed by atoms with van der Waals surface area (Å²) in [5.74, 6) is -0.780. The van der Waals surface area contributed by atoms with E-state index in [0.29, 0.717) is 6.54 Å². The van der Waals surface area contributed by atoms with Gasteiger partial charge in [-0.1, -0.05) is 19.1 Å². The molecule has 1 aliphatic rings. The topological polar surface area (TPSA) is 63.4 Å². The van der Waals surface area contributed by atoms with Crippen LogP contribution in [-0.2, 0) is 16.0 Å². The first-order chi connectivity index (χ1) is 8.11. The highest BCUT2D eigenvalue weighted by Crippen LogP contribution is 2.25. The number of hydrogen-bond donors (Lipinski definition) is 1. The van der Waals surface area contributed by atoms with Crippen molar-refractivity contribution in [3.63, 3.8) is 0 Å². The Bertz CT molecular complexity index is 439. The molecule has 0 spiro atoms. The van der Waals surface area contributed by atoms with Crippen LogP contribution in [0.15, 0.2) is 24.3 Å². The van der Waals surface area contributed by atoms with Gasteiger partial charge in [0.25, 0.3) is 0 Å². The largest absolute Gasteiger partial charge is 0.369 e. The molecule has 4 heteroatoms. The van der Waals surface area contributed by atoms with Gasteiger partial charge in [0.15, 0.2) is 0 Å². The maximum Gasteiger partial charge on any atom is 0.227 e. The van der Waals surface area contributed by atoms with Gasteiger partial charge in [-0.05, 0) is 24.1 Å². The SMILES string of the molecule is CCc1ccc(N2C[C@@H](C(N)=O)CC2=O)cc1. The summed E-state index contributed by atoms with van der Waals surface area (Å²) in [4.78, 5) is 24.5. The first kappa shape index (κ1) is 11.6. The summed E-state index contributed by atoms with van der Waals surface area (Å²) in [6.07, 6.45) is 1.20. The van der Waals surface area contributed by atoms with Crippen LogP contribution in [0, 0.1) is 5.92 Å². The van der Waals surface area contributed by atoms with Crippen molar-refractivity contribution >= 4 is 17.5 Å². The number of carbonyl (C=O) groups excluding carboxylic acids is 2. The first-order valence-corrected chi connectivity index (χ1v) is 5.80. The van der Waals surface area contributed by atoms with E-state index in [2.05, 4.69) is 6.92 Å². The molecule has 0 radical (unpaired) electrons. The van der Waals surface area contributed by atoms with Crippen LogP contribution in [0.25, 0.3) is 0 Å². The van der Waals surface area contributed by atoms with Crippen molar-refractivity contribution in [2.45, 2.75) is 19.8 Å². The maximum absolute atomic E-state index is 11.8. The third-order valence-electron chi connectivity index (χ3n) is 3.18. The van der Waals surface area contributed by atoms with Gasteiger partial charge in [-0.2, -0.15) is 0 Å². The van der Waals surface area contributed by atoms with Crippen molar-refractivity contribution in [1.82, 2.24) is 0 Å². The quantitative estimate of drug-likeness (QED) is 0.847. The molecule has 1 saturated heterocycles. The number of rotatable bonds is 3. The molecule has 2 rings (SSSR count). The van der Waals surface area contributed by atoms with Gasteiger partial charge in [0, 0.05) is 18.7 Å². The number of anilines is 1. The lowest BCUT2D eigenvalue weighted by atomic mass is 10.1. The maximum atomic E-state index is 11.8. The Morgan fingerprint density at radius 3 is 2.53 bits per heavy atom. The molecule has 0 aromatic heterocycles. The highest BCUT2D eigenvalue weighted by Gasteiger charge is 2.33. The Hall–Kier alpha value is -1.84. The fourth-order valence-electron chi connectivity index (χ4n) is 2.06. The van der Waals surface area contributed by atoms with E-state index >= 15 is 0 Å². The molecule has 1 atom stereocenters. The second kappa shape index (κ2) is 4.57. The second-order valence-electron chi connectivity index (χ2n) is 4.33. The van der Waals surface area contributed by atoms with E-state index in [1.54, 1.807) is 4.90 Å². The van der Waals surface area contributed by atoms with Gasteiger partial charge >= 0.3 is 0 Å². The number of amides is 2. The fourth-order valence-corrected chi connectivity index (χ4v) is 2.06. The molecule has 2 N–H and O–H groups in total. The van der Waals surface area contributed by atoms with Crippen LogP contribution in [0.1, 0.15) is 18.9 Å². The molecule has 1 heterocycles. The van der Waals surface area contributed by atoms with E-state index in [4.69, 9.17) is 5.73 Å². The molecule has 90 valence electrons. The van der Waals surface area contributed by atoms with Crippen molar-refractivity contribution in [3.8, 4) is 0 Å². The van der Waals surface area contributed by atoms with E-state index in [0.717, 1.165) is 12.1 Å². The van der Waals surface area contributed by atoms with Crippen LogP contribution in [0.3, 0.4) is 0 Å². The second-order valence-corrected chi connectivity index (χ2v) is 4.33. The molecule has 0 bridgehead atoms. The molecule has 1 aliphatic heterocycles. The summed E-state index contributed by atoms with van der Waals surface area (Å²) in [5, 5.41) is 0. The summed E-state index contributed by atoms with van der Waals surface area (Å²) >= 11 is 0. The lowest BCUT2D eigenvalue weighted by Gasteiger charge is -2.16. The van der Waals surface area contributed by atoms with E-state index in [1.807, 2.05) is 24.3 Å². The summed E-state index contributed by atoms with van der Waals surface area (Å²) < 4.78 is 0. The highest BCUT2D eigenvalue weighted by atomic mass is 16.2. The molecule has 1 fully saturated rings. The van der Waals surface area contributed by atoms with E-state index < -0.39 is 5.91 Å². The number of benzene rings is 1. The number of nitrogens with two attached hydrogens (primary N) is 1. The Labute approximate surface area is 100 Å². The van der Waals surface area contributed by atoms with Gasteiger partial charge in [-0.15, -0.1) is 0 Å². The lowest BCUT2D eigenvalue weighted by molar-refractivity contribution is -0.123. The zero-order valence-electron chi connectivity index (χ0n) is 9.85. The van der Waals surface area contributed by atoms with Gasteiger partial charge in [0.2, 0.25) is 11.8 Å².